The van der Waals surface area contributed by atoms with Crippen LogP contribution in [-0.2, 0) is 9.53 Å². The summed E-state index contributed by atoms with van der Waals surface area (Å²) < 4.78 is 6.21. The Kier molecular flexibility index (Phi) is 4.85. The normalized spacial score (nSPS) is 12.1. The summed E-state index contributed by atoms with van der Waals surface area (Å²) in [6.07, 6.45) is 1.69. The van der Waals surface area contributed by atoms with Crippen LogP contribution in [0.15, 0.2) is 52.5 Å². The van der Waals surface area contributed by atoms with Crippen molar-refractivity contribution in [1.29, 1.82) is 0 Å². The Morgan fingerprint density at radius 1 is 1.24 bits per heavy atom. The number of hydrogen-bond acceptors (Lipinski definition) is 6. The number of methoxy groups -OCH3 is 1. The molecule has 3 rings (SSSR count). The van der Waals surface area contributed by atoms with Crippen molar-refractivity contribution >= 4 is 28.6 Å². The van der Waals surface area contributed by atoms with Gasteiger partial charge in [-0.15, -0.1) is 0 Å². The molecule has 6 nitrogen and oxygen atoms in total. The van der Waals surface area contributed by atoms with Gasteiger partial charge in [-0.2, -0.15) is 0 Å². The maximum Gasteiger partial charge on any atom is 0.318 e. The summed E-state index contributed by atoms with van der Waals surface area (Å²) in [7, 11) is 1.34. The van der Waals surface area contributed by atoms with E-state index in [4.69, 9.17) is 4.74 Å². The molecule has 0 aliphatic carbocycles. The number of carbonyl (C=O) groups excluding carboxylic acids is 1. The molecule has 1 atom stereocenters. The van der Waals surface area contributed by atoms with Crippen LogP contribution in [0.25, 0.3) is 16.7 Å². The molecular weight excluding hydrogens is 338 g/mol. The highest BCUT2D eigenvalue weighted by Crippen LogP contribution is 2.25. The van der Waals surface area contributed by atoms with E-state index in [9.17, 15) is 9.59 Å². The topological polar surface area (TPSA) is 74.1 Å². The Hall–Kier alpha value is -2.67. The number of rotatable bonds is 4. The third-order valence-corrected chi connectivity index (χ3v) is 4.72. The summed E-state index contributed by atoms with van der Waals surface area (Å²) in [6, 6.07) is 10.8. The van der Waals surface area contributed by atoms with Gasteiger partial charge in [-0.05, 0) is 37.6 Å². The average molecular weight is 355 g/mol. The number of benzene rings is 1. The van der Waals surface area contributed by atoms with Gasteiger partial charge in [0.05, 0.1) is 18.0 Å². The van der Waals surface area contributed by atoms with Crippen LogP contribution in [0.2, 0.25) is 0 Å². The number of aromatic nitrogens is 3. The van der Waals surface area contributed by atoms with Crippen molar-refractivity contribution in [3.05, 3.63) is 58.5 Å². The van der Waals surface area contributed by atoms with E-state index < -0.39 is 5.25 Å². The first-order valence-corrected chi connectivity index (χ1v) is 8.58. The van der Waals surface area contributed by atoms with E-state index in [0.29, 0.717) is 21.9 Å². The van der Waals surface area contributed by atoms with E-state index in [1.807, 2.05) is 19.1 Å². The number of esters is 1. The molecule has 3 aromatic rings. The fourth-order valence-corrected chi connectivity index (χ4v) is 3.30. The lowest BCUT2D eigenvalue weighted by atomic mass is 10.2. The maximum absolute atomic E-state index is 13.0. The highest BCUT2D eigenvalue weighted by atomic mass is 32.2. The van der Waals surface area contributed by atoms with Crippen molar-refractivity contribution < 1.29 is 9.53 Å². The number of fused-ring (bicyclic) bond motifs is 1. The summed E-state index contributed by atoms with van der Waals surface area (Å²) >= 11 is 1.17. The lowest BCUT2D eigenvalue weighted by Gasteiger charge is -2.14. The van der Waals surface area contributed by atoms with Crippen molar-refractivity contribution in [3.8, 4) is 5.82 Å². The number of nitrogens with zero attached hydrogens (tertiary/aromatic N) is 3. The summed E-state index contributed by atoms with van der Waals surface area (Å²) in [5.74, 6) is 0.0873. The van der Waals surface area contributed by atoms with Crippen molar-refractivity contribution in [2.75, 3.05) is 7.11 Å². The van der Waals surface area contributed by atoms with Gasteiger partial charge >= 0.3 is 5.97 Å². The quantitative estimate of drug-likeness (QED) is 0.407. The molecule has 0 spiro atoms. The Labute approximate surface area is 148 Å². The van der Waals surface area contributed by atoms with E-state index >= 15 is 0 Å². The first-order chi connectivity index (χ1) is 12.0. The molecular formula is C18H17N3O3S. The maximum atomic E-state index is 13.0. The van der Waals surface area contributed by atoms with Crippen molar-refractivity contribution in [3.63, 3.8) is 0 Å². The predicted octanol–water partition coefficient (Wildman–Crippen LogP) is 2.74. The Morgan fingerprint density at radius 2 is 2.00 bits per heavy atom. The third-order valence-electron chi connectivity index (χ3n) is 3.69. The number of hydrogen-bond donors (Lipinski definition) is 0. The van der Waals surface area contributed by atoms with Gasteiger partial charge in [-0.25, -0.2) is 14.5 Å². The van der Waals surface area contributed by atoms with Crippen LogP contribution in [-0.4, -0.2) is 32.9 Å². The number of para-hydroxylation sites is 1. The molecule has 0 bridgehead atoms. The highest BCUT2D eigenvalue weighted by molar-refractivity contribution is 8.00. The monoisotopic (exact) mass is 355 g/mol. The zero-order chi connectivity index (χ0) is 18.0. The zero-order valence-corrected chi connectivity index (χ0v) is 14.9. The molecule has 2 aromatic heterocycles. The van der Waals surface area contributed by atoms with Crippen LogP contribution in [0.5, 0.6) is 0 Å². The second kappa shape index (κ2) is 7.06. The lowest BCUT2D eigenvalue weighted by Crippen LogP contribution is -2.24. The summed E-state index contributed by atoms with van der Waals surface area (Å²) in [4.78, 5) is 33.7. The molecule has 0 aliphatic heterocycles. The van der Waals surface area contributed by atoms with E-state index in [2.05, 4.69) is 9.97 Å². The number of ether oxygens (including phenoxy) is 1. The highest BCUT2D eigenvalue weighted by Gasteiger charge is 2.21. The van der Waals surface area contributed by atoms with Crippen LogP contribution in [0.3, 0.4) is 0 Å². The van der Waals surface area contributed by atoms with Crippen LogP contribution in [0, 0.1) is 6.92 Å². The van der Waals surface area contributed by atoms with Crippen LogP contribution < -0.4 is 5.56 Å². The van der Waals surface area contributed by atoms with E-state index in [0.717, 1.165) is 5.56 Å². The second-order valence-electron chi connectivity index (χ2n) is 5.53. The molecule has 0 radical (unpaired) electrons. The predicted molar refractivity (Wildman–Crippen MR) is 97.2 cm³/mol. The Balaban J connectivity index is 2.22. The number of pyridine rings is 1. The molecule has 0 N–H and O–H groups in total. The van der Waals surface area contributed by atoms with Gasteiger partial charge in [-0.3, -0.25) is 9.59 Å². The van der Waals surface area contributed by atoms with Gasteiger partial charge in [0, 0.05) is 6.20 Å². The Bertz CT molecular complexity index is 983. The van der Waals surface area contributed by atoms with E-state index in [1.54, 1.807) is 37.4 Å². The minimum atomic E-state index is -0.505. The number of carbonyl (C=O) groups is 1. The molecule has 0 aliphatic rings. The first kappa shape index (κ1) is 17.2. The zero-order valence-electron chi connectivity index (χ0n) is 14.1. The standard InChI is InChI=1S/C18H17N3O3S/c1-11-8-9-15(19-10-11)21-16(22)13-6-4-5-7-14(13)20-18(21)25-12(2)17(23)24-3/h4-10,12H,1-3H3. The largest absolute Gasteiger partial charge is 0.468 e. The van der Waals surface area contributed by atoms with E-state index in [1.165, 1.54) is 23.4 Å². The minimum absolute atomic E-state index is 0.221. The van der Waals surface area contributed by atoms with Gasteiger partial charge in [-0.1, -0.05) is 30.0 Å². The summed E-state index contributed by atoms with van der Waals surface area (Å²) in [6.45, 7) is 3.64. The molecule has 0 saturated heterocycles. The molecule has 0 amide bonds. The van der Waals surface area contributed by atoms with E-state index in [-0.39, 0.29) is 11.5 Å². The molecule has 1 aromatic carbocycles. The molecule has 25 heavy (non-hydrogen) atoms. The van der Waals surface area contributed by atoms with Crippen LogP contribution >= 0.6 is 11.8 Å². The average Bonchev–Trinajstić information content (AvgIpc) is 2.62. The van der Waals surface area contributed by atoms with Crippen molar-refractivity contribution in [2.24, 2.45) is 0 Å². The lowest BCUT2D eigenvalue weighted by molar-refractivity contribution is -0.139. The molecule has 1 unspecified atom stereocenters. The molecule has 0 fully saturated rings. The van der Waals surface area contributed by atoms with Gasteiger partial charge < -0.3 is 4.74 Å². The molecule has 2 heterocycles. The second-order valence-corrected chi connectivity index (χ2v) is 6.84. The molecule has 128 valence electrons. The molecule has 7 heteroatoms. The number of thioether (sulfide) groups is 1. The number of aryl methyl sites for hydroxylation is 1. The van der Waals surface area contributed by atoms with Gasteiger partial charge in [0.2, 0.25) is 0 Å². The van der Waals surface area contributed by atoms with Crippen molar-refractivity contribution in [2.45, 2.75) is 24.3 Å². The third kappa shape index (κ3) is 3.41. The van der Waals surface area contributed by atoms with Crippen LogP contribution in [0.1, 0.15) is 12.5 Å². The van der Waals surface area contributed by atoms with Gasteiger partial charge in [0.1, 0.15) is 11.1 Å². The summed E-state index contributed by atoms with van der Waals surface area (Å²) in [5, 5.41) is 0.396. The van der Waals surface area contributed by atoms with Gasteiger partial charge in [0.15, 0.2) is 5.16 Å². The van der Waals surface area contributed by atoms with Crippen molar-refractivity contribution in [1.82, 2.24) is 14.5 Å². The SMILES string of the molecule is COC(=O)C(C)Sc1nc2ccccc2c(=O)n1-c1ccc(C)cn1. The molecule has 0 saturated carbocycles. The van der Waals surface area contributed by atoms with Crippen LogP contribution in [0.4, 0.5) is 0 Å². The van der Waals surface area contributed by atoms with Gasteiger partial charge in [0.25, 0.3) is 5.56 Å². The fraction of sp³-hybridized carbons (Fsp3) is 0.222. The Morgan fingerprint density at radius 3 is 2.68 bits per heavy atom. The fourth-order valence-electron chi connectivity index (χ4n) is 2.36. The first-order valence-electron chi connectivity index (χ1n) is 7.70. The minimum Gasteiger partial charge on any atom is -0.468 e. The smallest absolute Gasteiger partial charge is 0.318 e. The summed E-state index contributed by atoms with van der Waals surface area (Å²) in [5.41, 5.74) is 1.35.